The van der Waals surface area contributed by atoms with Gasteiger partial charge in [0.1, 0.15) is 11.0 Å². The van der Waals surface area contributed by atoms with Crippen molar-refractivity contribution in [2.45, 2.75) is 324 Å². The van der Waals surface area contributed by atoms with Crippen LogP contribution in [0.3, 0.4) is 0 Å². The Labute approximate surface area is 637 Å². The number of hydrogen-bond donors (Lipinski definition) is 0. The molecular formula is C88H122N4S8. The molecule has 0 saturated heterocycles. The summed E-state index contributed by atoms with van der Waals surface area (Å²) < 4.78 is 11.8. The summed E-state index contributed by atoms with van der Waals surface area (Å²) in [5, 5.41) is 9.93. The van der Waals surface area contributed by atoms with Crippen LogP contribution in [0.15, 0.2) is 84.9 Å². The molecule has 0 N–H and O–H groups in total. The average molecular weight is 1490 g/mol. The first-order valence-electron chi connectivity index (χ1n) is 40.5. The first kappa shape index (κ1) is 78.9. The van der Waals surface area contributed by atoms with E-state index in [1.54, 1.807) is 23.1 Å². The summed E-state index contributed by atoms with van der Waals surface area (Å²) in [5.74, 6) is 1.36. The van der Waals surface area contributed by atoms with Gasteiger partial charge in [-0.25, -0.2) is 0 Å². The molecular weight excluding hydrogens is 1370 g/mol. The Morgan fingerprint density at radius 3 is 0.920 bits per heavy atom. The minimum absolute atomic E-state index is 0.681. The number of fused-ring (bicyclic) bond motifs is 2. The number of thiophene rings is 6. The molecule has 0 fully saturated rings. The second-order valence-electron chi connectivity index (χ2n) is 29.4. The van der Waals surface area contributed by atoms with Crippen LogP contribution in [0.25, 0.3) is 91.5 Å². The van der Waals surface area contributed by atoms with E-state index in [1.165, 1.54) is 371 Å². The standard InChI is InChI=1S/C88H122N4S8/c1-7-13-19-25-29-31-35-39-45-65(43-37-33-27-21-15-9-3)61-67-63-81(71-51-53-73(87-83(71)89-91-99-87)75-55-49-69(93-75)47-41-23-17-11-5)97-85(67)79-59-57-77(95-79)78-58-60-80(96-78)86-68(62-66(44-38-34-28-22-16-10-4)46-40-36-32-30-26-20-14-8-2)64-82(98-86)72-52-54-74(88-84(72)90-92-100-88)76-56-50-70(94-76)48-42-24-18-12-6/h49-60,63-66H,7-48,61-62H2,1-6H3. The van der Waals surface area contributed by atoms with Crippen molar-refractivity contribution in [3.63, 3.8) is 0 Å². The van der Waals surface area contributed by atoms with Gasteiger partial charge in [-0.2, -0.15) is 0 Å². The highest BCUT2D eigenvalue weighted by atomic mass is 32.1. The zero-order valence-corrected chi connectivity index (χ0v) is 68.9. The monoisotopic (exact) mass is 1490 g/mol. The summed E-state index contributed by atoms with van der Waals surface area (Å²) in [6, 6.07) is 34.1. The Bertz CT molecular complexity index is 3620. The minimum atomic E-state index is 0.681. The summed E-state index contributed by atoms with van der Waals surface area (Å²) in [6.45, 7) is 14.0. The van der Waals surface area contributed by atoms with Gasteiger partial charge in [-0.15, -0.1) is 78.2 Å². The Hall–Kier alpha value is -3.72. The fourth-order valence-electron chi connectivity index (χ4n) is 15.2. The van der Waals surface area contributed by atoms with Crippen molar-refractivity contribution in [1.82, 2.24) is 19.2 Å². The van der Waals surface area contributed by atoms with Gasteiger partial charge in [-0.05, 0) is 145 Å². The van der Waals surface area contributed by atoms with E-state index >= 15 is 0 Å². The van der Waals surface area contributed by atoms with Gasteiger partial charge in [0.05, 0.1) is 9.40 Å². The number of nitrogens with zero attached hydrogens (tertiary/aromatic N) is 4. The fourth-order valence-corrected chi connectivity index (χ4v) is 23.7. The van der Waals surface area contributed by atoms with Crippen LogP contribution in [0.5, 0.6) is 0 Å². The van der Waals surface area contributed by atoms with E-state index in [9.17, 15) is 0 Å². The first-order valence-corrected chi connectivity index (χ1v) is 47.0. The number of aromatic nitrogens is 4. The largest absolute Gasteiger partial charge is 0.140 e. The van der Waals surface area contributed by atoms with Crippen LogP contribution in [0.4, 0.5) is 0 Å². The lowest BCUT2D eigenvalue weighted by molar-refractivity contribution is 0.401. The highest BCUT2D eigenvalue weighted by Crippen LogP contribution is 2.51. The molecule has 0 amide bonds. The molecule has 0 spiro atoms. The summed E-state index contributed by atoms with van der Waals surface area (Å²) in [6.07, 6.45) is 58.6. The summed E-state index contributed by atoms with van der Waals surface area (Å²) in [5.41, 5.74) is 10.2. The topological polar surface area (TPSA) is 51.6 Å². The van der Waals surface area contributed by atoms with Crippen molar-refractivity contribution in [1.29, 1.82) is 0 Å². The van der Waals surface area contributed by atoms with E-state index in [0.29, 0.717) is 11.8 Å². The molecule has 0 saturated carbocycles. The number of benzene rings is 2. The van der Waals surface area contributed by atoms with Gasteiger partial charge >= 0.3 is 0 Å². The predicted molar refractivity (Wildman–Crippen MR) is 454 cm³/mol. The molecule has 0 aliphatic heterocycles. The van der Waals surface area contributed by atoms with Crippen molar-refractivity contribution in [3.8, 4) is 71.0 Å². The quantitative estimate of drug-likeness (QED) is 0.0357. The molecule has 10 aromatic rings. The number of aryl methyl sites for hydroxylation is 2. The molecule has 8 heterocycles. The predicted octanol–water partition coefficient (Wildman–Crippen LogP) is 32.9. The zero-order valence-electron chi connectivity index (χ0n) is 62.4. The first-order chi connectivity index (χ1) is 49.4. The number of rotatable bonds is 53. The van der Waals surface area contributed by atoms with E-state index in [4.69, 9.17) is 19.2 Å². The van der Waals surface area contributed by atoms with Gasteiger partial charge in [-0.3, -0.25) is 0 Å². The number of unbranched alkanes of at least 4 members (excludes halogenated alkanes) is 30. The van der Waals surface area contributed by atoms with Crippen molar-refractivity contribution < 1.29 is 0 Å². The highest BCUT2D eigenvalue weighted by molar-refractivity contribution is 7.29. The lowest BCUT2D eigenvalue weighted by Crippen LogP contribution is -2.05. The van der Waals surface area contributed by atoms with Crippen LogP contribution in [-0.2, 0) is 25.7 Å². The maximum Gasteiger partial charge on any atom is 0.115 e. The van der Waals surface area contributed by atoms with Crippen molar-refractivity contribution in [3.05, 3.63) is 106 Å². The fraction of sp³-hybridized carbons (Fsp3) is 0.591. The Balaban J connectivity index is 0.973. The summed E-state index contributed by atoms with van der Waals surface area (Å²) >= 11 is 15.2. The van der Waals surface area contributed by atoms with E-state index < -0.39 is 0 Å². The minimum Gasteiger partial charge on any atom is -0.140 e. The van der Waals surface area contributed by atoms with Gasteiger partial charge in [0, 0.05) is 80.8 Å². The molecule has 2 aromatic carbocycles. The van der Waals surface area contributed by atoms with Crippen molar-refractivity contribution in [2.75, 3.05) is 0 Å². The normalized spacial score (nSPS) is 12.6. The highest BCUT2D eigenvalue weighted by Gasteiger charge is 2.26. The van der Waals surface area contributed by atoms with Gasteiger partial charge < -0.3 is 0 Å². The van der Waals surface area contributed by atoms with E-state index in [-0.39, 0.29) is 0 Å². The molecule has 542 valence electrons. The molecule has 10 rings (SSSR count). The SMILES string of the molecule is CCCCCCCCCCC(CCCCCCCC)Cc1cc(-c2ccc(-c3ccc(CCCCCC)s3)c3snnc23)sc1-c1ccc(-c2ccc(-c3sc(-c4ccc(-c5ccc(CCCCCC)s5)c5snnc45)cc3CC(CCCCCCCC)CCCCCCCCCC)s2)s1. The second kappa shape index (κ2) is 44.3. The van der Waals surface area contributed by atoms with Crippen molar-refractivity contribution >= 4 is 112 Å². The lowest BCUT2D eigenvalue weighted by Gasteiger charge is -2.17. The lowest BCUT2D eigenvalue weighted by atomic mass is 9.88. The Morgan fingerprint density at radius 2 is 0.570 bits per heavy atom. The van der Waals surface area contributed by atoms with Crippen LogP contribution in [0, 0.1) is 11.8 Å². The zero-order chi connectivity index (χ0) is 69.4. The molecule has 12 heteroatoms. The molecule has 2 unspecified atom stereocenters. The molecule has 0 bridgehead atoms. The molecule has 0 aliphatic rings. The Morgan fingerprint density at radius 1 is 0.270 bits per heavy atom. The van der Waals surface area contributed by atoms with Crippen LogP contribution < -0.4 is 0 Å². The molecule has 4 nitrogen and oxygen atoms in total. The van der Waals surface area contributed by atoms with Gasteiger partial charge in [0.15, 0.2) is 0 Å². The summed E-state index contributed by atoms with van der Waals surface area (Å²) in [4.78, 5) is 16.8. The van der Waals surface area contributed by atoms with Gasteiger partial charge in [-0.1, -0.05) is 319 Å². The van der Waals surface area contributed by atoms with Crippen LogP contribution >= 0.6 is 91.1 Å². The third-order valence-electron chi connectivity index (χ3n) is 21.1. The average Bonchev–Trinajstić information content (AvgIpc) is 1.61. The van der Waals surface area contributed by atoms with Gasteiger partial charge in [0.25, 0.3) is 0 Å². The maximum atomic E-state index is 4.97. The molecule has 0 aliphatic carbocycles. The van der Waals surface area contributed by atoms with Crippen LogP contribution in [-0.4, -0.2) is 19.2 Å². The third-order valence-corrected chi connectivity index (χ3v) is 30.2. The van der Waals surface area contributed by atoms with Crippen molar-refractivity contribution in [2.24, 2.45) is 11.8 Å². The maximum absolute atomic E-state index is 4.97. The molecule has 2 atom stereocenters. The Kier molecular flexibility index (Phi) is 34.9. The smallest absolute Gasteiger partial charge is 0.115 e. The number of hydrogen-bond acceptors (Lipinski definition) is 12. The molecule has 100 heavy (non-hydrogen) atoms. The second-order valence-corrected chi connectivity index (χ2v) is 37.5. The van der Waals surface area contributed by atoms with E-state index in [1.807, 2.05) is 68.0 Å². The van der Waals surface area contributed by atoms with Gasteiger partial charge in [0.2, 0.25) is 0 Å². The molecule has 0 radical (unpaired) electrons. The van der Waals surface area contributed by atoms with E-state index in [0.717, 1.165) is 23.9 Å². The summed E-state index contributed by atoms with van der Waals surface area (Å²) in [7, 11) is 0. The molecule has 8 aromatic heterocycles. The van der Waals surface area contributed by atoms with E-state index in [2.05, 4.69) is 126 Å². The third kappa shape index (κ3) is 23.6. The van der Waals surface area contributed by atoms with Crippen LogP contribution in [0.2, 0.25) is 0 Å². The van der Waals surface area contributed by atoms with Crippen LogP contribution in [0.1, 0.15) is 319 Å².